The van der Waals surface area contributed by atoms with E-state index in [0.29, 0.717) is 12.3 Å². The molecule has 3 aromatic rings. The SMILES string of the molecule is Cc1ccc(CNC(=O)c2ccc(CSCc3cccc(C)c3)o2)cc1. The van der Waals surface area contributed by atoms with Gasteiger partial charge in [0, 0.05) is 12.3 Å². The lowest BCUT2D eigenvalue weighted by Gasteiger charge is -2.04. The smallest absolute Gasteiger partial charge is 0.287 e. The van der Waals surface area contributed by atoms with Gasteiger partial charge in [0.2, 0.25) is 0 Å². The Labute approximate surface area is 158 Å². The van der Waals surface area contributed by atoms with Gasteiger partial charge in [0.15, 0.2) is 5.76 Å². The third kappa shape index (κ3) is 5.27. The Balaban J connectivity index is 1.47. The van der Waals surface area contributed by atoms with Crippen molar-refractivity contribution in [3.63, 3.8) is 0 Å². The summed E-state index contributed by atoms with van der Waals surface area (Å²) < 4.78 is 5.68. The number of hydrogen-bond acceptors (Lipinski definition) is 3. The predicted octanol–water partition coefficient (Wildman–Crippen LogP) is 5.26. The van der Waals surface area contributed by atoms with Gasteiger partial charge >= 0.3 is 0 Å². The fourth-order valence-electron chi connectivity index (χ4n) is 2.62. The molecule has 0 saturated heterocycles. The Morgan fingerprint density at radius 1 is 0.923 bits per heavy atom. The van der Waals surface area contributed by atoms with Crippen molar-refractivity contribution in [3.05, 3.63) is 94.4 Å². The maximum Gasteiger partial charge on any atom is 0.287 e. The van der Waals surface area contributed by atoms with Crippen molar-refractivity contribution in [1.82, 2.24) is 5.32 Å². The number of benzene rings is 2. The predicted molar refractivity (Wildman–Crippen MR) is 107 cm³/mol. The van der Waals surface area contributed by atoms with Crippen molar-refractivity contribution in [2.45, 2.75) is 31.9 Å². The number of nitrogens with one attached hydrogen (secondary N) is 1. The second kappa shape index (κ2) is 8.77. The van der Waals surface area contributed by atoms with Crippen molar-refractivity contribution in [2.75, 3.05) is 0 Å². The molecule has 0 saturated carbocycles. The van der Waals surface area contributed by atoms with Crippen LogP contribution in [0.1, 0.15) is 38.6 Å². The number of hydrogen-bond donors (Lipinski definition) is 1. The summed E-state index contributed by atoms with van der Waals surface area (Å²) in [6, 6.07) is 20.2. The third-order valence-corrected chi connectivity index (χ3v) is 5.08. The van der Waals surface area contributed by atoms with Gasteiger partial charge in [-0.25, -0.2) is 0 Å². The zero-order valence-electron chi connectivity index (χ0n) is 15.1. The van der Waals surface area contributed by atoms with Crippen LogP contribution in [0.15, 0.2) is 65.1 Å². The summed E-state index contributed by atoms with van der Waals surface area (Å²) in [5.41, 5.74) is 4.86. The van der Waals surface area contributed by atoms with Crippen LogP contribution < -0.4 is 5.32 Å². The van der Waals surface area contributed by atoms with E-state index in [9.17, 15) is 4.79 Å². The van der Waals surface area contributed by atoms with Crippen molar-refractivity contribution >= 4 is 17.7 Å². The van der Waals surface area contributed by atoms with E-state index in [1.165, 1.54) is 16.7 Å². The first-order chi connectivity index (χ1) is 12.6. The average molecular weight is 365 g/mol. The van der Waals surface area contributed by atoms with E-state index >= 15 is 0 Å². The van der Waals surface area contributed by atoms with Crippen molar-refractivity contribution < 1.29 is 9.21 Å². The molecule has 26 heavy (non-hydrogen) atoms. The minimum absolute atomic E-state index is 0.180. The van der Waals surface area contributed by atoms with Crippen LogP contribution in [0.4, 0.5) is 0 Å². The quantitative estimate of drug-likeness (QED) is 0.621. The molecule has 0 spiro atoms. The molecule has 1 amide bonds. The molecule has 0 radical (unpaired) electrons. The molecule has 4 heteroatoms. The van der Waals surface area contributed by atoms with Crippen molar-refractivity contribution in [3.8, 4) is 0 Å². The van der Waals surface area contributed by atoms with E-state index in [-0.39, 0.29) is 5.91 Å². The number of carbonyl (C=O) groups excluding carboxylic acids is 1. The van der Waals surface area contributed by atoms with Crippen LogP contribution in [0, 0.1) is 13.8 Å². The molecule has 0 atom stereocenters. The topological polar surface area (TPSA) is 42.2 Å². The highest BCUT2D eigenvalue weighted by atomic mass is 32.2. The van der Waals surface area contributed by atoms with E-state index in [4.69, 9.17) is 4.42 Å². The number of amides is 1. The zero-order valence-corrected chi connectivity index (χ0v) is 15.9. The molecule has 0 aliphatic heterocycles. The Morgan fingerprint density at radius 3 is 2.50 bits per heavy atom. The average Bonchev–Trinajstić information content (AvgIpc) is 3.10. The maximum absolute atomic E-state index is 12.2. The van der Waals surface area contributed by atoms with Gasteiger partial charge in [-0.15, -0.1) is 11.8 Å². The van der Waals surface area contributed by atoms with E-state index < -0.39 is 0 Å². The Hall–Kier alpha value is -2.46. The molecule has 134 valence electrons. The van der Waals surface area contributed by atoms with Gasteiger partial charge in [-0.2, -0.15) is 0 Å². The summed E-state index contributed by atoms with van der Waals surface area (Å²) in [5, 5.41) is 2.90. The minimum atomic E-state index is -0.180. The molecule has 3 rings (SSSR count). The summed E-state index contributed by atoms with van der Waals surface area (Å²) in [5.74, 6) is 2.68. The molecule has 0 aliphatic rings. The van der Waals surface area contributed by atoms with Crippen molar-refractivity contribution in [1.29, 1.82) is 0 Å². The van der Waals surface area contributed by atoms with E-state index in [1.807, 2.05) is 37.3 Å². The fraction of sp³-hybridized carbons (Fsp3) is 0.227. The normalized spacial score (nSPS) is 10.7. The monoisotopic (exact) mass is 365 g/mol. The Kier molecular flexibility index (Phi) is 6.18. The molecule has 0 aliphatic carbocycles. The second-order valence-corrected chi connectivity index (χ2v) is 7.40. The summed E-state index contributed by atoms with van der Waals surface area (Å²) >= 11 is 1.78. The summed E-state index contributed by atoms with van der Waals surface area (Å²) in [4.78, 5) is 12.2. The molecule has 0 bridgehead atoms. The molecular formula is C22H23NO2S. The maximum atomic E-state index is 12.2. The lowest BCUT2D eigenvalue weighted by molar-refractivity contribution is 0.0922. The highest BCUT2D eigenvalue weighted by molar-refractivity contribution is 7.97. The van der Waals surface area contributed by atoms with E-state index in [0.717, 1.165) is 22.8 Å². The molecular weight excluding hydrogens is 342 g/mol. The van der Waals surface area contributed by atoms with Gasteiger partial charge in [-0.3, -0.25) is 4.79 Å². The van der Waals surface area contributed by atoms with Crippen LogP contribution in [-0.2, 0) is 18.1 Å². The number of thioether (sulfide) groups is 1. The molecule has 3 nitrogen and oxygen atoms in total. The van der Waals surface area contributed by atoms with Gasteiger partial charge < -0.3 is 9.73 Å². The highest BCUT2D eigenvalue weighted by Crippen LogP contribution is 2.20. The molecule has 0 unspecified atom stereocenters. The van der Waals surface area contributed by atoms with E-state index in [2.05, 4.69) is 36.5 Å². The highest BCUT2D eigenvalue weighted by Gasteiger charge is 2.11. The molecule has 0 fully saturated rings. The lowest BCUT2D eigenvalue weighted by Crippen LogP contribution is -2.22. The summed E-state index contributed by atoms with van der Waals surface area (Å²) in [6.07, 6.45) is 0. The van der Waals surface area contributed by atoms with Crippen LogP contribution in [0.3, 0.4) is 0 Å². The van der Waals surface area contributed by atoms with Gasteiger partial charge in [0.05, 0.1) is 5.75 Å². The molecule has 1 aromatic heterocycles. The first kappa shape index (κ1) is 18.3. The van der Waals surface area contributed by atoms with Gasteiger partial charge in [0.1, 0.15) is 5.76 Å². The van der Waals surface area contributed by atoms with Crippen LogP contribution in [0.2, 0.25) is 0 Å². The van der Waals surface area contributed by atoms with Crippen molar-refractivity contribution in [2.24, 2.45) is 0 Å². The minimum Gasteiger partial charge on any atom is -0.455 e. The molecule has 1 N–H and O–H groups in total. The second-order valence-electron chi connectivity index (χ2n) is 6.42. The van der Waals surface area contributed by atoms with Gasteiger partial charge in [0.25, 0.3) is 5.91 Å². The van der Waals surface area contributed by atoms with Crippen LogP contribution >= 0.6 is 11.8 Å². The zero-order chi connectivity index (χ0) is 18.4. The first-order valence-electron chi connectivity index (χ1n) is 8.66. The van der Waals surface area contributed by atoms with Crippen LogP contribution in [0.25, 0.3) is 0 Å². The number of furan rings is 1. The third-order valence-electron chi connectivity index (χ3n) is 4.05. The Bertz CT molecular complexity index is 868. The number of aryl methyl sites for hydroxylation is 2. The molecule has 1 heterocycles. The lowest BCUT2D eigenvalue weighted by atomic mass is 10.1. The Morgan fingerprint density at radius 2 is 1.73 bits per heavy atom. The van der Waals surface area contributed by atoms with Crippen LogP contribution in [-0.4, -0.2) is 5.91 Å². The van der Waals surface area contributed by atoms with Crippen LogP contribution in [0.5, 0.6) is 0 Å². The number of rotatable bonds is 7. The fourth-order valence-corrected chi connectivity index (χ4v) is 3.50. The summed E-state index contributed by atoms with van der Waals surface area (Å²) in [7, 11) is 0. The standard InChI is InChI=1S/C22H23NO2S/c1-16-6-8-18(9-7-16)13-23-22(24)21-11-10-20(25-21)15-26-14-19-5-3-4-17(2)12-19/h3-12H,13-15H2,1-2H3,(H,23,24). The number of carbonyl (C=O) groups is 1. The largest absolute Gasteiger partial charge is 0.455 e. The summed E-state index contributed by atoms with van der Waals surface area (Å²) in [6.45, 7) is 4.64. The van der Waals surface area contributed by atoms with Gasteiger partial charge in [-0.05, 0) is 37.1 Å². The van der Waals surface area contributed by atoms with E-state index in [1.54, 1.807) is 17.8 Å². The van der Waals surface area contributed by atoms with Gasteiger partial charge in [-0.1, -0.05) is 59.7 Å². The first-order valence-corrected chi connectivity index (χ1v) is 9.81. The molecule has 2 aromatic carbocycles.